The lowest BCUT2D eigenvalue weighted by atomic mass is 10.0. The van der Waals surface area contributed by atoms with Crippen LogP contribution >= 0.6 is 0 Å². The van der Waals surface area contributed by atoms with Crippen LogP contribution in [-0.2, 0) is 4.79 Å². The predicted octanol–water partition coefficient (Wildman–Crippen LogP) is 4.72. The Balaban J connectivity index is 1.61. The highest BCUT2D eigenvalue weighted by molar-refractivity contribution is 6.12. The molecule has 1 aliphatic heterocycles. The molecule has 0 saturated heterocycles. The second-order valence-electron chi connectivity index (χ2n) is 7.28. The summed E-state index contributed by atoms with van der Waals surface area (Å²) >= 11 is 0. The average Bonchev–Trinajstić information content (AvgIpc) is 3.02. The largest absolute Gasteiger partial charge is 0.385 e. The zero-order valence-corrected chi connectivity index (χ0v) is 17.3. The summed E-state index contributed by atoms with van der Waals surface area (Å²) in [6.45, 7) is 10.6. The molecule has 0 aliphatic carbocycles. The molecule has 1 atom stereocenters. The van der Waals surface area contributed by atoms with Gasteiger partial charge in [-0.15, -0.1) is 0 Å². The number of aliphatic imine (C=N–C) groups is 1. The van der Waals surface area contributed by atoms with Crippen LogP contribution in [-0.4, -0.2) is 43.2 Å². The van der Waals surface area contributed by atoms with E-state index in [0.717, 1.165) is 49.5 Å². The van der Waals surface area contributed by atoms with Gasteiger partial charge in [-0.3, -0.25) is 9.79 Å². The van der Waals surface area contributed by atoms with E-state index in [4.69, 9.17) is 0 Å². The molecule has 0 radical (unpaired) electrons. The first-order valence-electron chi connectivity index (χ1n) is 10.2. The number of hydrogen-bond acceptors (Lipinski definition) is 4. The highest BCUT2D eigenvalue weighted by atomic mass is 19.1. The van der Waals surface area contributed by atoms with Crippen molar-refractivity contribution in [3.63, 3.8) is 0 Å². The van der Waals surface area contributed by atoms with Crippen LogP contribution in [0.15, 0.2) is 41.4 Å². The SMILES string of the molecule is CCN(CC)CCCNc1ccc(N=CC2C(=O)Nc3ccc(F)cc32)cc1C. The van der Waals surface area contributed by atoms with E-state index in [2.05, 4.69) is 34.4 Å². The first-order chi connectivity index (χ1) is 14.0. The van der Waals surface area contributed by atoms with Crippen molar-refractivity contribution in [2.24, 2.45) is 4.99 Å². The summed E-state index contributed by atoms with van der Waals surface area (Å²) in [5.41, 5.74) is 4.24. The summed E-state index contributed by atoms with van der Waals surface area (Å²) < 4.78 is 13.5. The van der Waals surface area contributed by atoms with Crippen molar-refractivity contribution in [2.45, 2.75) is 33.1 Å². The number of halogens is 1. The van der Waals surface area contributed by atoms with Gasteiger partial charge in [-0.25, -0.2) is 4.39 Å². The highest BCUT2D eigenvalue weighted by Crippen LogP contribution is 2.32. The number of nitrogens with zero attached hydrogens (tertiary/aromatic N) is 2. The fourth-order valence-electron chi connectivity index (χ4n) is 3.56. The molecule has 1 aliphatic rings. The van der Waals surface area contributed by atoms with Gasteiger partial charge in [0.05, 0.1) is 5.69 Å². The Morgan fingerprint density at radius 3 is 2.72 bits per heavy atom. The minimum absolute atomic E-state index is 0.183. The minimum Gasteiger partial charge on any atom is -0.385 e. The number of nitrogens with one attached hydrogen (secondary N) is 2. The quantitative estimate of drug-likeness (QED) is 0.476. The van der Waals surface area contributed by atoms with Gasteiger partial charge in [0.1, 0.15) is 11.7 Å². The topological polar surface area (TPSA) is 56.7 Å². The lowest BCUT2D eigenvalue weighted by Gasteiger charge is -2.18. The number of benzene rings is 2. The predicted molar refractivity (Wildman–Crippen MR) is 118 cm³/mol. The fourth-order valence-corrected chi connectivity index (χ4v) is 3.56. The van der Waals surface area contributed by atoms with Crippen molar-refractivity contribution in [3.8, 4) is 0 Å². The molecule has 1 unspecified atom stereocenters. The third-order valence-corrected chi connectivity index (χ3v) is 5.33. The third-order valence-electron chi connectivity index (χ3n) is 5.33. The van der Waals surface area contributed by atoms with E-state index < -0.39 is 5.92 Å². The average molecular weight is 397 g/mol. The minimum atomic E-state index is -0.570. The van der Waals surface area contributed by atoms with E-state index in [1.807, 2.05) is 25.1 Å². The zero-order valence-electron chi connectivity index (χ0n) is 17.3. The third kappa shape index (κ3) is 5.21. The van der Waals surface area contributed by atoms with Gasteiger partial charge in [0, 0.05) is 24.1 Å². The zero-order chi connectivity index (χ0) is 20.8. The summed E-state index contributed by atoms with van der Waals surface area (Å²) in [5.74, 6) is -1.11. The van der Waals surface area contributed by atoms with Gasteiger partial charge in [-0.1, -0.05) is 13.8 Å². The maximum atomic E-state index is 13.5. The molecule has 29 heavy (non-hydrogen) atoms. The van der Waals surface area contributed by atoms with E-state index in [1.165, 1.54) is 12.1 Å². The van der Waals surface area contributed by atoms with Crippen molar-refractivity contribution >= 4 is 29.2 Å². The second-order valence-corrected chi connectivity index (χ2v) is 7.28. The molecule has 154 valence electrons. The second kappa shape index (κ2) is 9.65. The standard InChI is InChI=1S/C23H29FN4O/c1-4-28(5-2)12-6-11-25-21-10-8-18(13-16(21)3)26-15-20-19-14-17(24)7-9-22(19)27-23(20)29/h7-10,13-15,20,25H,4-6,11-12H2,1-3H3,(H,27,29). The van der Waals surface area contributed by atoms with Crippen LogP contribution in [0.2, 0.25) is 0 Å². The van der Waals surface area contributed by atoms with Crippen LogP contribution in [0.25, 0.3) is 0 Å². The van der Waals surface area contributed by atoms with E-state index in [1.54, 1.807) is 12.3 Å². The number of aryl methyl sites for hydroxylation is 1. The summed E-state index contributed by atoms with van der Waals surface area (Å²) in [6.07, 6.45) is 2.68. The van der Waals surface area contributed by atoms with Gasteiger partial charge in [0.2, 0.25) is 5.91 Å². The van der Waals surface area contributed by atoms with Crippen molar-refractivity contribution in [3.05, 3.63) is 53.3 Å². The first-order valence-corrected chi connectivity index (χ1v) is 10.2. The Labute approximate surface area is 172 Å². The molecule has 0 spiro atoms. The number of rotatable bonds is 9. The monoisotopic (exact) mass is 396 g/mol. The van der Waals surface area contributed by atoms with Gasteiger partial charge in [0.25, 0.3) is 0 Å². The number of fused-ring (bicyclic) bond motifs is 1. The van der Waals surface area contributed by atoms with E-state index in [9.17, 15) is 9.18 Å². The highest BCUT2D eigenvalue weighted by Gasteiger charge is 2.29. The van der Waals surface area contributed by atoms with Gasteiger partial charge < -0.3 is 15.5 Å². The molecule has 0 aromatic heterocycles. The van der Waals surface area contributed by atoms with E-state index >= 15 is 0 Å². The van der Waals surface area contributed by atoms with E-state index in [0.29, 0.717) is 11.3 Å². The maximum absolute atomic E-state index is 13.5. The summed E-state index contributed by atoms with van der Waals surface area (Å²) in [7, 11) is 0. The molecule has 0 bridgehead atoms. The lowest BCUT2D eigenvalue weighted by Crippen LogP contribution is -2.25. The molecule has 1 amide bonds. The maximum Gasteiger partial charge on any atom is 0.237 e. The van der Waals surface area contributed by atoms with Crippen molar-refractivity contribution in [1.82, 2.24) is 4.90 Å². The Morgan fingerprint density at radius 2 is 2.00 bits per heavy atom. The van der Waals surface area contributed by atoms with E-state index in [-0.39, 0.29) is 11.7 Å². The number of carbonyl (C=O) groups excluding carboxylic acids is 1. The Hall–Kier alpha value is -2.73. The van der Waals surface area contributed by atoms with Gasteiger partial charge in [-0.05, 0) is 80.5 Å². The molecule has 2 aromatic carbocycles. The van der Waals surface area contributed by atoms with Crippen molar-refractivity contribution in [2.75, 3.05) is 36.8 Å². The van der Waals surface area contributed by atoms with Crippen LogP contribution < -0.4 is 10.6 Å². The Morgan fingerprint density at radius 1 is 1.21 bits per heavy atom. The molecular weight excluding hydrogens is 367 g/mol. The molecule has 0 fully saturated rings. The number of amides is 1. The normalized spacial score (nSPS) is 15.8. The van der Waals surface area contributed by atoms with Gasteiger partial charge in [-0.2, -0.15) is 0 Å². The number of carbonyl (C=O) groups is 1. The molecule has 6 heteroatoms. The van der Waals surface area contributed by atoms with Crippen LogP contribution in [0.1, 0.15) is 37.3 Å². The molecular formula is C23H29FN4O. The van der Waals surface area contributed by atoms with Gasteiger partial charge >= 0.3 is 0 Å². The molecule has 1 heterocycles. The first kappa shape index (κ1) is 21.0. The number of hydrogen-bond donors (Lipinski definition) is 2. The van der Waals surface area contributed by atoms with Crippen molar-refractivity contribution < 1.29 is 9.18 Å². The van der Waals surface area contributed by atoms with Crippen LogP contribution in [0, 0.1) is 12.7 Å². The lowest BCUT2D eigenvalue weighted by molar-refractivity contribution is -0.115. The summed E-state index contributed by atoms with van der Waals surface area (Å²) in [5, 5.41) is 6.25. The number of anilines is 2. The Kier molecular flexibility index (Phi) is 6.99. The molecule has 2 aromatic rings. The van der Waals surface area contributed by atoms with Crippen LogP contribution in [0.5, 0.6) is 0 Å². The van der Waals surface area contributed by atoms with Crippen LogP contribution in [0.3, 0.4) is 0 Å². The molecule has 2 N–H and O–H groups in total. The Bertz CT molecular complexity index is 892. The summed E-state index contributed by atoms with van der Waals surface area (Å²) in [4.78, 5) is 19.1. The molecule has 0 saturated carbocycles. The summed E-state index contributed by atoms with van der Waals surface area (Å²) in [6, 6.07) is 10.2. The van der Waals surface area contributed by atoms with Crippen molar-refractivity contribution in [1.29, 1.82) is 0 Å². The van der Waals surface area contributed by atoms with Gasteiger partial charge in [0.15, 0.2) is 0 Å². The smallest absolute Gasteiger partial charge is 0.237 e. The fraction of sp³-hybridized carbons (Fsp3) is 0.391. The molecule has 3 rings (SSSR count). The van der Waals surface area contributed by atoms with Crippen LogP contribution in [0.4, 0.5) is 21.5 Å². The molecule has 5 nitrogen and oxygen atoms in total.